The van der Waals surface area contributed by atoms with Crippen LogP contribution in [-0.4, -0.2) is 6.08 Å². The van der Waals surface area contributed by atoms with E-state index in [2.05, 4.69) is 4.99 Å². The largest absolute Gasteiger partial charge is 0.418 e. The van der Waals surface area contributed by atoms with Crippen molar-refractivity contribution in [2.45, 2.75) is 13.1 Å². The maximum atomic E-state index is 12.4. The molecule has 1 aromatic rings. The van der Waals surface area contributed by atoms with Crippen molar-refractivity contribution in [1.82, 2.24) is 0 Å². The zero-order valence-corrected chi connectivity index (χ0v) is 7.22. The number of aliphatic imine (C=N–C) groups is 1. The highest BCUT2D eigenvalue weighted by molar-refractivity contribution is 5.57. The highest BCUT2D eigenvalue weighted by atomic mass is 19.4. The molecule has 0 aliphatic rings. The van der Waals surface area contributed by atoms with E-state index in [0.717, 1.165) is 12.1 Å². The van der Waals surface area contributed by atoms with Gasteiger partial charge in [0.25, 0.3) is 0 Å². The van der Waals surface area contributed by atoms with Gasteiger partial charge < -0.3 is 0 Å². The van der Waals surface area contributed by atoms with Crippen LogP contribution in [0.3, 0.4) is 0 Å². The van der Waals surface area contributed by atoms with Gasteiger partial charge in [0.15, 0.2) is 0 Å². The second kappa shape index (κ2) is 3.64. The molecule has 1 aromatic carbocycles. The third-order valence-electron chi connectivity index (χ3n) is 1.70. The Morgan fingerprint density at radius 2 is 2.00 bits per heavy atom. The Morgan fingerprint density at radius 1 is 1.36 bits per heavy atom. The number of alkyl halides is 3. The van der Waals surface area contributed by atoms with Gasteiger partial charge >= 0.3 is 6.18 Å². The molecular weight excluding hydrogens is 195 g/mol. The molecule has 0 saturated heterocycles. The standard InChI is InChI=1S/C9H6F3NO/c1-6-3-2-4-7(13-5-14)8(6)9(10,11)12/h2-4H,1H3. The first kappa shape index (κ1) is 10.5. The summed E-state index contributed by atoms with van der Waals surface area (Å²) in [6.07, 6.45) is -3.40. The van der Waals surface area contributed by atoms with Crippen LogP contribution in [0.4, 0.5) is 18.9 Å². The van der Waals surface area contributed by atoms with Crippen molar-refractivity contribution in [3.05, 3.63) is 29.3 Å². The van der Waals surface area contributed by atoms with Crippen LogP contribution in [0.5, 0.6) is 0 Å². The monoisotopic (exact) mass is 201 g/mol. The number of halogens is 3. The van der Waals surface area contributed by atoms with Crippen molar-refractivity contribution in [3.63, 3.8) is 0 Å². The Morgan fingerprint density at radius 3 is 2.50 bits per heavy atom. The fourth-order valence-electron chi connectivity index (χ4n) is 1.16. The predicted molar refractivity (Wildman–Crippen MR) is 44.0 cm³/mol. The van der Waals surface area contributed by atoms with Gasteiger partial charge in [-0.3, -0.25) is 0 Å². The molecular formula is C9H6F3NO. The number of carbonyl (C=O) groups excluding carboxylic acids is 1. The summed E-state index contributed by atoms with van der Waals surface area (Å²) in [7, 11) is 0. The number of isocyanates is 1. The van der Waals surface area contributed by atoms with Gasteiger partial charge in [-0.25, -0.2) is 4.79 Å². The SMILES string of the molecule is Cc1cccc(N=C=O)c1C(F)(F)F. The molecule has 0 unspecified atom stereocenters. The van der Waals surface area contributed by atoms with E-state index in [1.807, 2.05) is 0 Å². The van der Waals surface area contributed by atoms with Crippen LogP contribution in [0.1, 0.15) is 11.1 Å². The average molecular weight is 201 g/mol. The number of aryl methyl sites for hydroxylation is 1. The van der Waals surface area contributed by atoms with Gasteiger partial charge in [-0.2, -0.15) is 18.2 Å². The quantitative estimate of drug-likeness (QED) is 0.507. The highest BCUT2D eigenvalue weighted by Crippen LogP contribution is 2.38. The van der Waals surface area contributed by atoms with Crippen molar-refractivity contribution in [2.75, 3.05) is 0 Å². The van der Waals surface area contributed by atoms with Gasteiger partial charge in [0.1, 0.15) is 0 Å². The van der Waals surface area contributed by atoms with Gasteiger partial charge in [-0.1, -0.05) is 12.1 Å². The van der Waals surface area contributed by atoms with Crippen LogP contribution in [0, 0.1) is 6.92 Å². The molecule has 0 bridgehead atoms. The smallest absolute Gasteiger partial charge is 0.211 e. The summed E-state index contributed by atoms with van der Waals surface area (Å²) >= 11 is 0. The van der Waals surface area contributed by atoms with E-state index in [-0.39, 0.29) is 5.56 Å². The lowest BCUT2D eigenvalue weighted by molar-refractivity contribution is -0.137. The van der Waals surface area contributed by atoms with Crippen LogP contribution in [-0.2, 0) is 11.0 Å². The summed E-state index contributed by atoms with van der Waals surface area (Å²) in [6.45, 7) is 1.31. The summed E-state index contributed by atoms with van der Waals surface area (Å²) in [5.74, 6) is 0. The van der Waals surface area contributed by atoms with Crippen molar-refractivity contribution in [2.24, 2.45) is 4.99 Å². The molecule has 0 aliphatic carbocycles. The van der Waals surface area contributed by atoms with Crippen molar-refractivity contribution >= 4 is 11.8 Å². The normalized spacial score (nSPS) is 10.9. The summed E-state index contributed by atoms with van der Waals surface area (Å²) in [4.78, 5) is 12.9. The second-order valence-corrected chi connectivity index (χ2v) is 2.67. The Hall–Kier alpha value is -1.61. The molecule has 1 rings (SSSR count). The van der Waals surface area contributed by atoms with Gasteiger partial charge in [-0.15, -0.1) is 0 Å². The summed E-state index contributed by atoms with van der Waals surface area (Å²) in [5, 5.41) is 0. The van der Waals surface area contributed by atoms with Gasteiger partial charge in [-0.05, 0) is 18.6 Å². The molecule has 0 spiro atoms. The number of nitrogens with zero attached hydrogens (tertiary/aromatic N) is 1. The summed E-state index contributed by atoms with van der Waals surface area (Å²) in [5.41, 5.74) is -1.25. The minimum Gasteiger partial charge on any atom is -0.211 e. The van der Waals surface area contributed by atoms with E-state index in [9.17, 15) is 18.0 Å². The number of hydrogen-bond acceptors (Lipinski definition) is 2. The predicted octanol–water partition coefficient (Wildman–Crippen LogP) is 2.98. The average Bonchev–Trinajstić information content (AvgIpc) is 2.02. The van der Waals surface area contributed by atoms with E-state index in [0.29, 0.717) is 0 Å². The van der Waals surface area contributed by atoms with Gasteiger partial charge in [0, 0.05) is 0 Å². The second-order valence-electron chi connectivity index (χ2n) is 2.67. The Kier molecular flexibility index (Phi) is 2.72. The lowest BCUT2D eigenvalue weighted by Gasteiger charge is -2.11. The molecule has 0 atom stereocenters. The Bertz CT molecular complexity index is 392. The lowest BCUT2D eigenvalue weighted by atomic mass is 10.1. The first-order chi connectivity index (χ1) is 6.46. The molecule has 0 fully saturated rings. The van der Waals surface area contributed by atoms with Crippen LogP contribution in [0.2, 0.25) is 0 Å². The van der Waals surface area contributed by atoms with Crippen LogP contribution in [0.15, 0.2) is 23.2 Å². The molecule has 0 heterocycles. The van der Waals surface area contributed by atoms with E-state index >= 15 is 0 Å². The molecule has 14 heavy (non-hydrogen) atoms. The molecule has 0 aromatic heterocycles. The third-order valence-corrected chi connectivity index (χ3v) is 1.70. The van der Waals surface area contributed by atoms with Gasteiger partial charge in [0.2, 0.25) is 6.08 Å². The topological polar surface area (TPSA) is 29.4 Å². The van der Waals surface area contributed by atoms with Crippen molar-refractivity contribution in [3.8, 4) is 0 Å². The summed E-state index contributed by atoms with van der Waals surface area (Å²) in [6, 6.07) is 3.84. The summed E-state index contributed by atoms with van der Waals surface area (Å²) < 4.78 is 37.3. The van der Waals surface area contributed by atoms with Crippen molar-refractivity contribution < 1.29 is 18.0 Å². The fourth-order valence-corrected chi connectivity index (χ4v) is 1.16. The Labute approximate surface area is 78.1 Å². The molecule has 0 aliphatic heterocycles. The van der Waals surface area contributed by atoms with E-state index in [1.165, 1.54) is 19.1 Å². The fraction of sp³-hybridized carbons (Fsp3) is 0.222. The van der Waals surface area contributed by atoms with Crippen LogP contribution in [0.25, 0.3) is 0 Å². The molecule has 0 radical (unpaired) electrons. The van der Waals surface area contributed by atoms with Crippen LogP contribution < -0.4 is 0 Å². The minimum atomic E-state index is -4.50. The molecule has 2 nitrogen and oxygen atoms in total. The molecule has 5 heteroatoms. The van der Waals surface area contributed by atoms with Crippen molar-refractivity contribution in [1.29, 1.82) is 0 Å². The maximum Gasteiger partial charge on any atom is 0.418 e. The van der Waals surface area contributed by atoms with Gasteiger partial charge in [0.05, 0.1) is 11.3 Å². The molecule has 0 saturated carbocycles. The first-order valence-electron chi connectivity index (χ1n) is 3.71. The zero-order valence-electron chi connectivity index (χ0n) is 7.22. The Balaban J connectivity index is 3.44. The number of benzene rings is 1. The minimum absolute atomic E-state index is 0.0361. The van der Waals surface area contributed by atoms with E-state index < -0.39 is 17.4 Å². The molecule has 74 valence electrons. The van der Waals surface area contributed by atoms with E-state index in [4.69, 9.17) is 0 Å². The molecule has 0 amide bonds. The third kappa shape index (κ3) is 2.00. The zero-order chi connectivity index (χ0) is 10.8. The van der Waals surface area contributed by atoms with E-state index in [1.54, 1.807) is 0 Å². The van der Waals surface area contributed by atoms with Crippen LogP contribution >= 0.6 is 0 Å². The number of hydrogen-bond donors (Lipinski definition) is 0. The first-order valence-corrected chi connectivity index (χ1v) is 3.71. The highest BCUT2D eigenvalue weighted by Gasteiger charge is 2.35. The number of rotatable bonds is 1. The maximum absolute atomic E-state index is 12.4. The molecule has 0 N–H and O–H groups in total. The lowest BCUT2D eigenvalue weighted by Crippen LogP contribution is -2.07.